The van der Waals surface area contributed by atoms with Crippen molar-refractivity contribution in [2.75, 3.05) is 18.2 Å². The molecule has 7 nitrogen and oxygen atoms in total. The molecule has 2 rings (SSSR count). The molecule has 0 aliphatic heterocycles. The van der Waals surface area contributed by atoms with Crippen LogP contribution in [0.2, 0.25) is 0 Å². The molecular formula is C10H13N5O2S. The van der Waals surface area contributed by atoms with Crippen molar-refractivity contribution in [1.29, 1.82) is 0 Å². The number of carbonyl (C=O) groups excluding carboxylic acids is 1. The quantitative estimate of drug-likeness (QED) is 0.798. The first kappa shape index (κ1) is 12.4. The van der Waals surface area contributed by atoms with Crippen LogP contribution in [0.1, 0.15) is 15.9 Å². The highest BCUT2D eigenvalue weighted by Crippen LogP contribution is 2.27. The van der Waals surface area contributed by atoms with E-state index in [9.17, 15) is 4.79 Å². The molecule has 2 aromatic heterocycles. The minimum absolute atomic E-state index is 0.181. The molecule has 0 bridgehead atoms. The van der Waals surface area contributed by atoms with E-state index < -0.39 is 5.97 Å². The fourth-order valence-corrected chi connectivity index (χ4v) is 2.16. The molecule has 0 aromatic carbocycles. The minimum Gasteiger partial charge on any atom is -0.465 e. The molecule has 0 atom stereocenters. The summed E-state index contributed by atoms with van der Waals surface area (Å²) in [7, 11) is 3.15. The summed E-state index contributed by atoms with van der Waals surface area (Å²) < 4.78 is 10.3. The zero-order valence-electron chi connectivity index (χ0n) is 10.0. The van der Waals surface area contributed by atoms with Crippen LogP contribution >= 0.6 is 11.5 Å². The van der Waals surface area contributed by atoms with Crippen LogP contribution in [-0.4, -0.2) is 27.2 Å². The van der Waals surface area contributed by atoms with Gasteiger partial charge in [0, 0.05) is 25.4 Å². The molecule has 3 N–H and O–H groups in total. The maximum atomic E-state index is 11.5. The summed E-state index contributed by atoms with van der Waals surface area (Å²) in [6, 6.07) is 0. The predicted molar refractivity (Wildman–Crippen MR) is 68.4 cm³/mol. The third kappa shape index (κ3) is 2.43. The molecule has 0 unspecified atom stereocenters. The molecule has 8 heteroatoms. The molecular weight excluding hydrogens is 254 g/mol. The van der Waals surface area contributed by atoms with Crippen LogP contribution in [0.5, 0.6) is 0 Å². The average Bonchev–Trinajstić information content (AvgIpc) is 2.92. The first-order valence-electron chi connectivity index (χ1n) is 5.16. The fraction of sp³-hybridized carbons (Fsp3) is 0.300. The first-order chi connectivity index (χ1) is 8.61. The highest BCUT2D eigenvalue weighted by Gasteiger charge is 2.19. The van der Waals surface area contributed by atoms with Crippen LogP contribution in [0.3, 0.4) is 0 Å². The van der Waals surface area contributed by atoms with Gasteiger partial charge in [-0.25, -0.2) is 4.79 Å². The van der Waals surface area contributed by atoms with Crippen molar-refractivity contribution in [2.45, 2.75) is 6.54 Å². The van der Waals surface area contributed by atoms with Crippen LogP contribution in [0.25, 0.3) is 0 Å². The van der Waals surface area contributed by atoms with E-state index in [1.807, 2.05) is 13.2 Å². The molecule has 18 heavy (non-hydrogen) atoms. The molecule has 0 saturated heterocycles. The largest absolute Gasteiger partial charge is 0.465 e. The molecule has 2 aromatic rings. The number of nitrogens with zero attached hydrogens (tertiary/aromatic N) is 3. The van der Waals surface area contributed by atoms with Crippen molar-refractivity contribution in [2.24, 2.45) is 7.05 Å². The van der Waals surface area contributed by atoms with E-state index in [1.165, 1.54) is 7.11 Å². The summed E-state index contributed by atoms with van der Waals surface area (Å²) in [5.41, 5.74) is 6.92. The van der Waals surface area contributed by atoms with Crippen molar-refractivity contribution in [1.82, 2.24) is 14.2 Å². The monoisotopic (exact) mass is 267 g/mol. The standard InChI is InChI=1S/C10H13N5O2S/c1-15-5-6(4-13-15)3-12-9-7(10(16)17-2)8(11)14-18-9/h4-5,12H,3H2,1-2H3,(H2,11,14). The lowest BCUT2D eigenvalue weighted by Crippen LogP contribution is -2.08. The van der Waals surface area contributed by atoms with E-state index in [2.05, 4.69) is 19.5 Å². The maximum Gasteiger partial charge on any atom is 0.344 e. The van der Waals surface area contributed by atoms with Crippen LogP contribution in [0, 0.1) is 0 Å². The molecule has 0 fully saturated rings. The minimum atomic E-state index is -0.491. The number of esters is 1. The van der Waals surface area contributed by atoms with E-state index in [4.69, 9.17) is 5.73 Å². The van der Waals surface area contributed by atoms with Crippen molar-refractivity contribution in [3.8, 4) is 0 Å². The number of aryl methyl sites for hydroxylation is 1. The topological polar surface area (TPSA) is 95.1 Å². The Morgan fingerprint density at radius 2 is 2.44 bits per heavy atom. The number of anilines is 2. The number of ether oxygens (including phenoxy) is 1. The highest BCUT2D eigenvalue weighted by atomic mass is 32.1. The van der Waals surface area contributed by atoms with Gasteiger partial charge < -0.3 is 15.8 Å². The van der Waals surface area contributed by atoms with Gasteiger partial charge in [-0.1, -0.05) is 0 Å². The molecule has 0 aliphatic carbocycles. The Bertz CT molecular complexity index is 562. The summed E-state index contributed by atoms with van der Waals surface area (Å²) in [5, 5.41) is 7.76. The second-order valence-corrected chi connectivity index (χ2v) is 4.41. The number of nitrogen functional groups attached to an aromatic ring is 1. The number of nitrogens with two attached hydrogens (primary N) is 1. The molecule has 0 aliphatic rings. The summed E-state index contributed by atoms with van der Waals surface area (Å²) in [6.07, 6.45) is 3.63. The third-order valence-electron chi connectivity index (χ3n) is 2.32. The highest BCUT2D eigenvalue weighted by molar-refractivity contribution is 7.11. The van der Waals surface area contributed by atoms with E-state index in [0.717, 1.165) is 17.1 Å². The Balaban J connectivity index is 2.12. The van der Waals surface area contributed by atoms with Crippen LogP contribution in [-0.2, 0) is 18.3 Å². The molecule has 2 heterocycles. The van der Waals surface area contributed by atoms with Gasteiger partial charge in [0.1, 0.15) is 10.6 Å². The van der Waals surface area contributed by atoms with Crippen molar-refractivity contribution in [3.05, 3.63) is 23.5 Å². The normalized spacial score (nSPS) is 10.3. The summed E-state index contributed by atoms with van der Waals surface area (Å²) in [4.78, 5) is 11.5. The summed E-state index contributed by atoms with van der Waals surface area (Å²) in [6.45, 7) is 0.541. The number of hydrogen-bond donors (Lipinski definition) is 2. The Hall–Kier alpha value is -2.09. The summed E-state index contributed by atoms with van der Waals surface area (Å²) in [5.74, 6) is -0.310. The molecule has 96 valence electrons. The second-order valence-electron chi connectivity index (χ2n) is 3.64. The predicted octanol–water partition coefficient (Wildman–Crippen LogP) is 0.857. The Labute approximate surface area is 108 Å². The Morgan fingerprint density at radius 1 is 1.67 bits per heavy atom. The van der Waals surface area contributed by atoms with Gasteiger partial charge in [-0.15, -0.1) is 0 Å². The van der Waals surface area contributed by atoms with Gasteiger partial charge in [0.05, 0.1) is 13.3 Å². The first-order valence-corrected chi connectivity index (χ1v) is 5.94. The van der Waals surface area contributed by atoms with E-state index in [1.54, 1.807) is 10.9 Å². The number of methoxy groups -OCH3 is 1. The van der Waals surface area contributed by atoms with Gasteiger partial charge in [-0.05, 0) is 11.5 Å². The third-order valence-corrected chi connectivity index (χ3v) is 3.14. The lowest BCUT2D eigenvalue weighted by molar-refractivity contribution is 0.0603. The summed E-state index contributed by atoms with van der Waals surface area (Å²) >= 11 is 1.13. The van der Waals surface area contributed by atoms with Gasteiger partial charge >= 0.3 is 5.97 Å². The molecule has 0 saturated carbocycles. The van der Waals surface area contributed by atoms with Crippen LogP contribution in [0.4, 0.5) is 10.8 Å². The van der Waals surface area contributed by atoms with Gasteiger partial charge in [0.15, 0.2) is 5.82 Å². The van der Waals surface area contributed by atoms with Gasteiger partial charge in [0.2, 0.25) is 0 Å². The van der Waals surface area contributed by atoms with Gasteiger partial charge in [0.25, 0.3) is 0 Å². The molecule has 0 spiro atoms. The maximum absolute atomic E-state index is 11.5. The SMILES string of the molecule is COC(=O)c1c(N)nsc1NCc1cnn(C)c1. The number of aromatic nitrogens is 3. The van der Waals surface area contributed by atoms with Crippen molar-refractivity contribution in [3.63, 3.8) is 0 Å². The molecule has 0 radical (unpaired) electrons. The number of hydrogen-bond acceptors (Lipinski definition) is 7. The van der Waals surface area contributed by atoms with Crippen molar-refractivity contribution >= 4 is 28.3 Å². The Morgan fingerprint density at radius 3 is 3.06 bits per heavy atom. The average molecular weight is 267 g/mol. The number of carbonyl (C=O) groups is 1. The van der Waals surface area contributed by atoms with Crippen LogP contribution < -0.4 is 11.1 Å². The van der Waals surface area contributed by atoms with E-state index in [0.29, 0.717) is 11.5 Å². The van der Waals surface area contributed by atoms with Gasteiger partial charge in [-0.3, -0.25) is 4.68 Å². The van der Waals surface area contributed by atoms with Gasteiger partial charge in [-0.2, -0.15) is 9.47 Å². The second kappa shape index (κ2) is 5.05. The lowest BCUT2D eigenvalue weighted by atomic mass is 10.3. The number of rotatable bonds is 4. The number of nitrogens with one attached hydrogen (secondary N) is 1. The zero-order chi connectivity index (χ0) is 13.1. The Kier molecular flexibility index (Phi) is 3.47. The van der Waals surface area contributed by atoms with E-state index in [-0.39, 0.29) is 11.4 Å². The zero-order valence-corrected chi connectivity index (χ0v) is 10.8. The lowest BCUT2D eigenvalue weighted by Gasteiger charge is -2.04. The van der Waals surface area contributed by atoms with Crippen LogP contribution in [0.15, 0.2) is 12.4 Å². The molecule has 0 amide bonds. The van der Waals surface area contributed by atoms with E-state index >= 15 is 0 Å². The van der Waals surface area contributed by atoms with Crippen molar-refractivity contribution < 1.29 is 9.53 Å². The smallest absolute Gasteiger partial charge is 0.344 e. The fourth-order valence-electron chi connectivity index (χ4n) is 1.47.